The van der Waals surface area contributed by atoms with Crippen LogP contribution in [0.5, 0.6) is 0 Å². The Labute approximate surface area is 149 Å². The lowest BCUT2D eigenvalue weighted by molar-refractivity contribution is 0.589. The fourth-order valence-electron chi connectivity index (χ4n) is 2.06. The van der Waals surface area contributed by atoms with E-state index in [9.17, 15) is 0 Å². The van der Waals surface area contributed by atoms with Crippen LogP contribution in [-0.2, 0) is 6.42 Å². The van der Waals surface area contributed by atoms with Gasteiger partial charge in [0, 0.05) is 24.5 Å². The van der Waals surface area contributed by atoms with Crippen LogP contribution < -0.4 is 5.32 Å². The predicted octanol–water partition coefficient (Wildman–Crippen LogP) is 6.13. The van der Waals surface area contributed by atoms with E-state index < -0.39 is 0 Å². The van der Waals surface area contributed by atoms with Gasteiger partial charge in [0.2, 0.25) is 0 Å². The third kappa shape index (κ3) is 4.08. The summed E-state index contributed by atoms with van der Waals surface area (Å²) in [7, 11) is 1.96. The monoisotopic (exact) mass is 479 g/mol. The lowest BCUT2D eigenvalue weighted by Crippen LogP contribution is -2.19. The highest BCUT2D eigenvalue weighted by atomic mass is 79.9. The molecular weight excluding hydrogens is 469 g/mol. The number of benzene rings is 2. The zero-order chi connectivity index (χ0) is 14.7. The second-order valence-corrected chi connectivity index (χ2v) is 7.54. The summed E-state index contributed by atoms with van der Waals surface area (Å²) in [5, 5.41) is 4.14. The summed E-state index contributed by atoms with van der Waals surface area (Å²) in [6.45, 7) is 0. The Kier molecular flexibility index (Phi) is 6.11. The molecule has 1 nitrogen and oxygen atoms in total. The average Bonchev–Trinajstić information content (AvgIpc) is 2.41. The summed E-state index contributed by atoms with van der Waals surface area (Å²) in [4.78, 5) is 0. The van der Waals surface area contributed by atoms with Gasteiger partial charge >= 0.3 is 0 Å². The predicted molar refractivity (Wildman–Crippen MR) is 96.5 cm³/mol. The summed E-state index contributed by atoms with van der Waals surface area (Å²) in [5.41, 5.74) is 2.34. The fraction of sp³-hybridized carbons (Fsp3) is 0.200. The highest BCUT2D eigenvalue weighted by molar-refractivity contribution is 9.11. The minimum absolute atomic E-state index is 0.195. The maximum atomic E-state index is 6.31. The van der Waals surface area contributed by atoms with Crippen molar-refractivity contribution in [3.8, 4) is 0 Å². The van der Waals surface area contributed by atoms with Crippen molar-refractivity contribution in [2.24, 2.45) is 0 Å². The van der Waals surface area contributed by atoms with Crippen LogP contribution in [-0.4, -0.2) is 7.05 Å². The van der Waals surface area contributed by atoms with Gasteiger partial charge in [-0.15, -0.1) is 0 Å². The first-order valence-electron chi connectivity index (χ1n) is 6.07. The van der Waals surface area contributed by atoms with E-state index in [1.165, 1.54) is 5.56 Å². The summed E-state index contributed by atoms with van der Waals surface area (Å²) in [6.07, 6.45) is 0.831. The summed E-state index contributed by atoms with van der Waals surface area (Å²) >= 11 is 16.9. The van der Waals surface area contributed by atoms with Crippen LogP contribution in [0.3, 0.4) is 0 Å². The van der Waals surface area contributed by atoms with Crippen molar-refractivity contribution in [3.05, 3.63) is 66.0 Å². The molecule has 1 N–H and O–H groups in total. The number of likely N-dealkylation sites (N-methyl/N-ethyl adjacent to an activating group) is 1. The molecule has 0 aromatic heterocycles. The van der Waals surface area contributed by atoms with E-state index in [1.54, 1.807) is 0 Å². The molecule has 2 aromatic rings. The minimum Gasteiger partial charge on any atom is -0.313 e. The first kappa shape index (κ1) is 16.5. The maximum Gasteiger partial charge on any atom is 0.0449 e. The number of nitrogens with one attached hydrogen (secondary N) is 1. The molecule has 0 spiro atoms. The van der Waals surface area contributed by atoms with Crippen LogP contribution in [0.2, 0.25) is 5.02 Å². The van der Waals surface area contributed by atoms with Crippen LogP contribution in [0.4, 0.5) is 0 Å². The standard InChI is InChI=1S/C15H13Br3ClN/c1-20-15(12-7-10(16)4-5-13(12)18)6-9-2-3-11(17)8-14(9)19/h2-5,7-8,15,20H,6H2,1H3. The third-order valence-corrected chi connectivity index (χ3v) is 5.18. The van der Waals surface area contributed by atoms with Crippen LogP contribution in [0, 0.1) is 0 Å². The van der Waals surface area contributed by atoms with E-state index in [0.717, 1.165) is 30.4 Å². The quantitative estimate of drug-likeness (QED) is 0.553. The van der Waals surface area contributed by atoms with E-state index in [4.69, 9.17) is 11.6 Å². The van der Waals surface area contributed by atoms with Crippen LogP contribution >= 0.6 is 59.4 Å². The van der Waals surface area contributed by atoms with Gasteiger partial charge in [-0.2, -0.15) is 0 Å². The second-order valence-electron chi connectivity index (χ2n) is 4.45. The lowest BCUT2D eigenvalue weighted by atomic mass is 9.99. The molecule has 0 radical (unpaired) electrons. The molecule has 2 rings (SSSR count). The zero-order valence-electron chi connectivity index (χ0n) is 10.8. The van der Waals surface area contributed by atoms with Gasteiger partial charge < -0.3 is 5.32 Å². The summed E-state index contributed by atoms with van der Waals surface area (Å²) < 4.78 is 3.15. The number of hydrogen-bond donors (Lipinski definition) is 1. The highest BCUT2D eigenvalue weighted by Gasteiger charge is 2.15. The van der Waals surface area contributed by atoms with E-state index >= 15 is 0 Å². The highest BCUT2D eigenvalue weighted by Crippen LogP contribution is 2.31. The van der Waals surface area contributed by atoms with Gasteiger partial charge in [-0.05, 0) is 54.9 Å². The number of hydrogen-bond acceptors (Lipinski definition) is 1. The maximum absolute atomic E-state index is 6.31. The fourth-order valence-corrected chi connectivity index (χ4v) is 3.71. The molecule has 0 fully saturated rings. The minimum atomic E-state index is 0.195. The molecule has 20 heavy (non-hydrogen) atoms. The molecule has 0 aliphatic heterocycles. The normalized spacial score (nSPS) is 12.4. The van der Waals surface area contributed by atoms with Gasteiger partial charge in [0.15, 0.2) is 0 Å². The molecule has 0 saturated carbocycles. The van der Waals surface area contributed by atoms with Gasteiger partial charge in [0.25, 0.3) is 0 Å². The summed E-state index contributed by atoms with van der Waals surface area (Å²) in [5.74, 6) is 0. The zero-order valence-corrected chi connectivity index (χ0v) is 16.3. The van der Waals surface area contributed by atoms with Gasteiger partial charge in [-0.3, -0.25) is 0 Å². The van der Waals surface area contributed by atoms with E-state index in [-0.39, 0.29) is 6.04 Å². The first-order chi connectivity index (χ1) is 9.51. The van der Waals surface area contributed by atoms with Gasteiger partial charge in [-0.1, -0.05) is 65.5 Å². The molecule has 1 unspecified atom stereocenters. The Balaban J connectivity index is 2.31. The molecule has 5 heteroatoms. The Bertz CT molecular complexity index is 616. The molecule has 0 aliphatic rings. The van der Waals surface area contributed by atoms with E-state index in [2.05, 4.69) is 65.2 Å². The Morgan fingerprint density at radius 1 is 1.05 bits per heavy atom. The third-order valence-electron chi connectivity index (χ3n) is 3.12. The number of rotatable bonds is 4. The largest absolute Gasteiger partial charge is 0.313 e. The van der Waals surface area contributed by atoms with Gasteiger partial charge in [0.05, 0.1) is 0 Å². The van der Waals surface area contributed by atoms with E-state index in [0.29, 0.717) is 0 Å². The van der Waals surface area contributed by atoms with Crippen LogP contribution in [0.1, 0.15) is 17.2 Å². The Hall–Kier alpha value is 0.130. The van der Waals surface area contributed by atoms with Gasteiger partial charge in [0.1, 0.15) is 0 Å². The molecule has 0 amide bonds. The van der Waals surface area contributed by atoms with Crippen molar-refractivity contribution in [3.63, 3.8) is 0 Å². The molecule has 106 valence electrons. The van der Waals surface area contributed by atoms with Crippen molar-refractivity contribution < 1.29 is 0 Å². The summed E-state index contributed by atoms with van der Waals surface area (Å²) in [6, 6.07) is 12.4. The lowest BCUT2D eigenvalue weighted by Gasteiger charge is -2.19. The molecule has 1 atom stereocenters. The molecular formula is C15H13Br3ClN. The number of halogens is 4. The Morgan fingerprint density at radius 3 is 2.35 bits per heavy atom. The topological polar surface area (TPSA) is 12.0 Å². The molecule has 0 saturated heterocycles. The van der Waals surface area contributed by atoms with E-state index in [1.807, 2.05) is 31.3 Å². The van der Waals surface area contributed by atoms with Crippen molar-refractivity contribution >= 4 is 59.4 Å². The molecule has 0 bridgehead atoms. The average molecular weight is 482 g/mol. The van der Waals surface area contributed by atoms with Crippen molar-refractivity contribution in [2.45, 2.75) is 12.5 Å². The first-order valence-corrected chi connectivity index (χ1v) is 8.83. The SMILES string of the molecule is CNC(Cc1ccc(Br)cc1Cl)c1cc(Br)ccc1Br. The Morgan fingerprint density at radius 2 is 1.70 bits per heavy atom. The molecule has 0 aliphatic carbocycles. The van der Waals surface area contributed by atoms with Gasteiger partial charge in [-0.25, -0.2) is 0 Å². The molecule has 0 heterocycles. The van der Waals surface area contributed by atoms with Crippen molar-refractivity contribution in [1.82, 2.24) is 5.32 Å². The van der Waals surface area contributed by atoms with Crippen LogP contribution in [0.25, 0.3) is 0 Å². The second kappa shape index (κ2) is 7.41. The van der Waals surface area contributed by atoms with Crippen LogP contribution in [0.15, 0.2) is 49.8 Å². The van der Waals surface area contributed by atoms with Crippen molar-refractivity contribution in [2.75, 3.05) is 7.05 Å². The molecule has 2 aromatic carbocycles. The smallest absolute Gasteiger partial charge is 0.0449 e. The van der Waals surface area contributed by atoms with Crippen molar-refractivity contribution in [1.29, 1.82) is 0 Å².